The zero-order chi connectivity index (χ0) is 11.5. The van der Waals surface area contributed by atoms with E-state index in [1.807, 2.05) is 6.07 Å². The van der Waals surface area contributed by atoms with Crippen molar-refractivity contribution in [3.63, 3.8) is 0 Å². The van der Waals surface area contributed by atoms with Crippen LogP contribution < -0.4 is 0 Å². The molecule has 1 aromatic rings. The van der Waals surface area contributed by atoms with Crippen molar-refractivity contribution in [2.75, 3.05) is 0 Å². The summed E-state index contributed by atoms with van der Waals surface area (Å²) in [6.07, 6.45) is 1.55. The van der Waals surface area contributed by atoms with Crippen LogP contribution in [0.2, 0.25) is 0 Å². The van der Waals surface area contributed by atoms with Crippen molar-refractivity contribution in [3.05, 3.63) is 35.4 Å². The van der Waals surface area contributed by atoms with Crippen molar-refractivity contribution < 1.29 is 9.59 Å². The van der Waals surface area contributed by atoms with Crippen molar-refractivity contribution in [1.82, 2.24) is 0 Å². The largest absolute Gasteiger partial charge is 0.295 e. The van der Waals surface area contributed by atoms with Gasteiger partial charge in [0.1, 0.15) is 0 Å². The second-order valence-corrected chi connectivity index (χ2v) is 3.90. The van der Waals surface area contributed by atoms with Gasteiger partial charge >= 0.3 is 0 Å². The van der Waals surface area contributed by atoms with Crippen LogP contribution in [0.1, 0.15) is 36.7 Å². The molecule has 3 heteroatoms. The van der Waals surface area contributed by atoms with E-state index in [-0.39, 0.29) is 5.78 Å². The molecule has 0 bridgehead atoms. The summed E-state index contributed by atoms with van der Waals surface area (Å²) in [5.41, 5.74) is 0.827. The van der Waals surface area contributed by atoms with Crippen LogP contribution in [0.4, 0.5) is 0 Å². The smallest absolute Gasteiger partial charge is 0.235 e. The van der Waals surface area contributed by atoms with Crippen molar-refractivity contribution in [2.45, 2.75) is 26.3 Å². The highest BCUT2D eigenvalue weighted by atomic mass is 16.1. The summed E-state index contributed by atoms with van der Waals surface area (Å²) in [6, 6.07) is 7.12. The average molecular weight is 203 g/mol. The molecule has 0 amide bonds. The van der Waals surface area contributed by atoms with E-state index in [1.54, 1.807) is 38.1 Å². The minimum atomic E-state index is -0.632. The van der Waals surface area contributed by atoms with Crippen LogP contribution in [-0.4, -0.2) is 11.9 Å². The van der Waals surface area contributed by atoms with Gasteiger partial charge in [-0.05, 0) is 32.4 Å². The fourth-order valence-electron chi connectivity index (χ4n) is 1.30. The highest BCUT2D eigenvalue weighted by Crippen LogP contribution is 2.24. The molecule has 1 rings (SSSR count). The van der Waals surface area contributed by atoms with Crippen molar-refractivity contribution in [1.29, 1.82) is 0 Å². The first-order valence-corrected chi connectivity index (χ1v) is 4.68. The number of carbonyl (C=O) groups excluding carboxylic acids is 2. The molecule has 0 aromatic heterocycles. The Morgan fingerprint density at radius 2 is 2.07 bits per heavy atom. The molecule has 0 N–H and O–H groups in total. The predicted octanol–water partition coefficient (Wildman–Crippen LogP) is 2.46. The molecule has 15 heavy (non-hydrogen) atoms. The molecule has 78 valence electrons. The Balaban J connectivity index is 3.21. The van der Waals surface area contributed by atoms with Gasteiger partial charge in [-0.3, -0.25) is 4.79 Å². The summed E-state index contributed by atoms with van der Waals surface area (Å²) in [6.45, 7) is 5.11. The van der Waals surface area contributed by atoms with Gasteiger partial charge < -0.3 is 0 Å². The van der Waals surface area contributed by atoms with Gasteiger partial charge in [-0.1, -0.05) is 18.2 Å². The maximum absolute atomic E-state index is 11.2. The average Bonchev–Trinajstić information content (AvgIpc) is 2.18. The first-order chi connectivity index (χ1) is 6.97. The third-order valence-electron chi connectivity index (χ3n) is 2.30. The van der Waals surface area contributed by atoms with Gasteiger partial charge in [0.05, 0.1) is 5.54 Å². The molecule has 3 nitrogen and oxygen atoms in total. The van der Waals surface area contributed by atoms with Crippen LogP contribution in [0.25, 0.3) is 0 Å². The monoisotopic (exact) mass is 203 g/mol. The lowest BCUT2D eigenvalue weighted by molar-refractivity contribution is 0.101. The second kappa shape index (κ2) is 4.20. The number of hydrogen-bond acceptors (Lipinski definition) is 3. The Bertz CT molecular complexity index is 429. The zero-order valence-corrected chi connectivity index (χ0v) is 9.07. The molecular formula is C12H13NO2. The number of benzene rings is 1. The highest BCUT2D eigenvalue weighted by molar-refractivity contribution is 5.94. The van der Waals surface area contributed by atoms with E-state index in [2.05, 4.69) is 4.99 Å². The van der Waals surface area contributed by atoms with Crippen LogP contribution in [-0.2, 0) is 10.3 Å². The molecule has 0 aliphatic rings. The summed E-state index contributed by atoms with van der Waals surface area (Å²) < 4.78 is 0. The fourth-order valence-corrected chi connectivity index (χ4v) is 1.30. The molecule has 0 aliphatic carbocycles. The fraction of sp³-hybridized carbons (Fsp3) is 0.333. The predicted molar refractivity (Wildman–Crippen MR) is 57.6 cm³/mol. The quantitative estimate of drug-likeness (QED) is 0.430. The molecule has 0 unspecified atom stereocenters. The highest BCUT2D eigenvalue weighted by Gasteiger charge is 2.19. The van der Waals surface area contributed by atoms with Crippen LogP contribution in [0, 0.1) is 0 Å². The van der Waals surface area contributed by atoms with E-state index in [0.717, 1.165) is 5.56 Å². The van der Waals surface area contributed by atoms with E-state index in [1.165, 1.54) is 6.92 Å². The third-order valence-corrected chi connectivity index (χ3v) is 2.30. The molecule has 0 fully saturated rings. The number of aliphatic imine (C=N–C) groups is 1. The van der Waals surface area contributed by atoms with Crippen LogP contribution in [0.3, 0.4) is 0 Å². The number of nitrogens with zero attached hydrogens (tertiary/aromatic N) is 1. The molecule has 0 heterocycles. The Morgan fingerprint density at radius 3 is 2.60 bits per heavy atom. The van der Waals surface area contributed by atoms with Gasteiger partial charge in [-0.15, -0.1) is 0 Å². The van der Waals surface area contributed by atoms with Gasteiger partial charge in [0.2, 0.25) is 6.08 Å². The number of carbonyl (C=O) groups is 1. The number of isocyanates is 1. The molecule has 0 spiro atoms. The third kappa shape index (κ3) is 2.61. The normalized spacial score (nSPS) is 10.6. The summed E-state index contributed by atoms with van der Waals surface area (Å²) in [7, 11) is 0. The Hall–Kier alpha value is -1.73. The minimum absolute atomic E-state index is 0.00253. The summed E-state index contributed by atoms with van der Waals surface area (Å²) in [5, 5.41) is 0. The number of rotatable bonds is 3. The summed E-state index contributed by atoms with van der Waals surface area (Å²) in [5.74, 6) is 0.00253. The summed E-state index contributed by atoms with van der Waals surface area (Å²) in [4.78, 5) is 25.1. The maximum atomic E-state index is 11.2. The first-order valence-electron chi connectivity index (χ1n) is 4.68. The van der Waals surface area contributed by atoms with Gasteiger partial charge in [0.25, 0.3) is 0 Å². The summed E-state index contributed by atoms with van der Waals surface area (Å²) >= 11 is 0. The van der Waals surface area contributed by atoms with E-state index >= 15 is 0 Å². The van der Waals surface area contributed by atoms with E-state index in [4.69, 9.17) is 0 Å². The van der Waals surface area contributed by atoms with Crippen molar-refractivity contribution in [3.8, 4) is 0 Å². The standard InChI is InChI=1S/C12H13NO2/c1-9(15)10-5-4-6-11(7-10)12(2,3)13-8-14/h4-7H,1-3H3. The minimum Gasteiger partial charge on any atom is -0.295 e. The van der Waals surface area contributed by atoms with Gasteiger partial charge in [0.15, 0.2) is 5.78 Å². The lowest BCUT2D eigenvalue weighted by Crippen LogP contribution is -2.14. The van der Waals surface area contributed by atoms with Gasteiger partial charge in [0, 0.05) is 5.56 Å². The van der Waals surface area contributed by atoms with Crippen LogP contribution >= 0.6 is 0 Å². The number of ketones is 1. The number of hydrogen-bond donors (Lipinski definition) is 0. The van der Waals surface area contributed by atoms with E-state index < -0.39 is 5.54 Å². The Morgan fingerprint density at radius 1 is 1.40 bits per heavy atom. The lowest BCUT2D eigenvalue weighted by Gasteiger charge is -2.18. The molecular weight excluding hydrogens is 190 g/mol. The molecule has 0 aliphatic heterocycles. The molecule has 0 saturated heterocycles. The molecule has 0 saturated carbocycles. The molecule has 0 atom stereocenters. The van der Waals surface area contributed by atoms with Crippen molar-refractivity contribution in [2.24, 2.45) is 4.99 Å². The lowest BCUT2D eigenvalue weighted by atomic mass is 9.93. The maximum Gasteiger partial charge on any atom is 0.235 e. The Labute approximate surface area is 88.8 Å². The second-order valence-electron chi connectivity index (χ2n) is 3.90. The van der Waals surface area contributed by atoms with Crippen LogP contribution in [0.15, 0.2) is 29.3 Å². The van der Waals surface area contributed by atoms with Crippen molar-refractivity contribution >= 4 is 11.9 Å². The Kier molecular flexibility index (Phi) is 3.17. The SMILES string of the molecule is CC(=O)c1cccc(C(C)(C)N=C=O)c1. The van der Waals surface area contributed by atoms with Crippen LogP contribution in [0.5, 0.6) is 0 Å². The van der Waals surface area contributed by atoms with E-state index in [9.17, 15) is 9.59 Å². The van der Waals surface area contributed by atoms with Gasteiger partial charge in [-0.2, -0.15) is 4.99 Å². The number of Topliss-reactive ketones (excluding diaryl/α,β-unsaturated/α-hetero) is 1. The van der Waals surface area contributed by atoms with Gasteiger partial charge in [-0.25, -0.2) is 4.79 Å². The molecule has 0 radical (unpaired) electrons. The van der Waals surface area contributed by atoms with E-state index in [0.29, 0.717) is 5.56 Å². The zero-order valence-electron chi connectivity index (χ0n) is 9.07. The first kappa shape index (κ1) is 11.3. The topological polar surface area (TPSA) is 46.5 Å². The molecule has 1 aromatic carbocycles.